The van der Waals surface area contributed by atoms with E-state index in [-0.39, 0.29) is 11.9 Å². The molecule has 3 rings (SSSR count). The first-order valence-electron chi connectivity index (χ1n) is 8.70. The average molecular weight is 343 g/mol. The molecule has 0 unspecified atom stereocenters. The number of aromatic nitrogens is 1. The Kier molecular flexibility index (Phi) is 5.38. The molecule has 6 heteroatoms. The van der Waals surface area contributed by atoms with Gasteiger partial charge in [-0.1, -0.05) is 17.3 Å². The fourth-order valence-electron chi connectivity index (χ4n) is 3.00. The number of benzene rings is 1. The summed E-state index contributed by atoms with van der Waals surface area (Å²) in [7, 11) is 0. The van der Waals surface area contributed by atoms with Crippen LogP contribution in [-0.2, 0) is 17.8 Å². The molecule has 0 saturated carbocycles. The maximum atomic E-state index is 12.4. The number of piperidine rings is 1. The minimum absolute atomic E-state index is 0.163. The Morgan fingerprint density at radius 2 is 1.96 bits per heavy atom. The standard InChI is InChI=1S/C19H25N3O3/c1-13-18(14(2)25-21-13)12-24-17-5-3-15(4-6-17)11-19(23)22-9-7-16(20)8-10-22/h3-6,16H,7-12,20H2,1-2H3. The molecule has 1 amide bonds. The van der Waals surface area contributed by atoms with Crippen LogP contribution in [0.4, 0.5) is 0 Å². The van der Waals surface area contributed by atoms with Crippen LogP contribution in [0, 0.1) is 13.8 Å². The number of carbonyl (C=O) groups excluding carboxylic acids is 1. The van der Waals surface area contributed by atoms with Gasteiger partial charge >= 0.3 is 0 Å². The number of hydrogen-bond donors (Lipinski definition) is 1. The van der Waals surface area contributed by atoms with Gasteiger partial charge in [0.2, 0.25) is 5.91 Å². The maximum Gasteiger partial charge on any atom is 0.226 e. The predicted molar refractivity (Wildman–Crippen MR) is 94.2 cm³/mol. The fraction of sp³-hybridized carbons (Fsp3) is 0.474. The molecule has 6 nitrogen and oxygen atoms in total. The summed E-state index contributed by atoms with van der Waals surface area (Å²) >= 11 is 0. The summed E-state index contributed by atoms with van der Waals surface area (Å²) in [6.07, 6.45) is 2.19. The van der Waals surface area contributed by atoms with E-state index in [0.29, 0.717) is 13.0 Å². The number of carbonyl (C=O) groups is 1. The van der Waals surface area contributed by atoms with Gasteiger partial charge in [-0.05, 0) is 44.4 Å². The van der Waals surface area contributed by atoms with Crippen LogP contribution in [0.1, 0.15) is 35.4 Å². The molecule has 0 aliphatic carbocycles. The largest absolute Gasteiger partial charge is 0.489 e. The lowest BCUT2D eigenvalue weighted by Gasteiger charge is -2.30. The summed E-state index contributed by atoms with van der Waals surface area (Å²) in [6.45, 7) is 5.73. The lowest BCUT2D eigenvalue weighted by Crippen LogP contribution is -2.43. The van der Waals surface area contributed by atoms with Crippen LogP contribution in [0.3, 0.4) is 0 Å². The van der Waals surface area contributed by atoms with Gasteiger partial charge < -0.3 is 19.9 Å². The predicted octanol–water partition coefficient (Wildman–Crippen LogP) is 2.36. The normalized spacial score (nSPS) is 15.4. The van der Waals surface area contributed by atoms with Gasteiger partial charge in [0.05, 0.1) is 17.7 Å². The fourth-order valence-corrected chi connectivity index (χ4v) is 3.00. The van der Waals surface area contributed by atoms with E-state index in [1.807, 2.05) is 43.0 Å². The maximum absolute atomic E-state index is 12.4. The lowest BCUT2D eigenvalue weighted by molar-refractivity contribution is -0.131. The van der Waals surface area contributed by atoms with E-state index in [1.54, 1.807) is 0 Å². The highest BCUT2D eigenvalue weighted by Crippen LogP contribution is 2.19. The van der Waals surface area contributed by atoms with Crippen molar-refractivity contribution in [1.82, 2.24) is 10.1 Å². The van der Waals surface area contributed by atoms with Crippen molar-refractivity contribution >= 4 is 5.91 Å². The van der Waals surface area contributed by atoms with Crippen LogP contribution in [0.15, 0.2) is 28.8 Å². The number of rotatable bonds is 5. The van der Waals surface area contributed by atoms with E-state index in [9.17, 15) is 4.79 Å². The number of nitrogens with two attached hydrogens (primary N) is 1. The number of amides is 1. The van der Waals surface area contributed by atoms with E-state index in [4.69, 9.17) is 15.0 Å². The molecule has 1 fully saturated rings. The van der Waals surface area contributed by atoms with Gasteiger partial charge in [-0.25, -0.2) is 0 Å². The molecule has 0 bridgehead atoms. The second-order valence-electron chi connectivity index (χ2n) is 6.63. The van der Waals surface area contributed by atoms with Crippen LogP contribution in [0.25, 0.3) is 0 Å². The second kappa shape index (κ2) is 7.70. The molecule has 1 saturated heterocycles. The van der Waals surface area contributed by atoms with Crippen LogP contribution in [0.2, 0.25) is 0 Å². The Balaban J connectivity index is 1.52. The van der Waals surface area contributed by atoms with Crippen LogP contribution < -0.4 is 10.5 Å². The Morgan fingerprint density at radius 1 is 1.28 bits per heavy atom. The zero-order valence-corrected chi connectivity index (χ0v) is 14.8. The Bertz CT molecular complexity index is 697. The highest BCUT2D eigenvalue weighted by Gasteiger charge is 2.20. The number of hydrogen-bond acceptors (Lipinski definition) is 5. The summed E-state index contributed by atoms with van der Waals surface area (Å²) in [6, 6.07) is 7.91. The molecule has 1 aromatic heterocycles. The first-order valence-corrected chi connectivity index (χ1v) is 8.70. The molecular weight excluding hydrogens is 318 g/mol. The summed E-state index contributed by atoms with van der Waals surface area (Å²) in [5.41, 5.74) is 8.70. The molecule has 1 aliphatic rings. The number of aryl methyl sites for hydroxylation is 2. The summed E-state index contributed by atoms with van der Waals surface area (Å²) in [5.74, 6) is 1.71. The number of likely N-dealkylation sites (tertiary alicyclic amines) is 1. The van der Waals surface area contributed by atoms with Crippen LogP contribution in [0.5, 0.6) is 5.75 Å². The second-order valence-corrected chi connectivity index (χ2v) is 6.63. The monoisotopic (exact) mass is 343 g/mol. The first-order chi connectivity index (χ1) is 12.0. The molecule has 2 N–H and O–H groups in total. The third-order valence-electron chi connectivity index (χ3n) is 4.74. The number of nitrogens with zero attached hydrogens (tertiary/aromatic N) is 2. The lowest BCUT2D eigenvalue weighted by atomic mass is 10.0. The smallest absolute Gasteiger partial charge is 0.226 e. The quantitative estimate of drug-likeness (QED) is 0.901. The summed E-state index contributed by atoms with van der Waals surface area (Å²) < 4.78 is 10.9. The molecule has 1 aromatic carbocycles. The van der Waals surface area contributed by atoms with Gasteiger partial charge in [0.25, 0.3) is 0 Å². The third-order valence-corrected chi connectivity index (χ3v) is 4.74. The zero-order valence-electron chi connectivity index (χ0n) is 14.8. The van der Waals surface area contributed by atoms with Gasteiger partial charge in [0.15, 0.2) is 0 Å². The van der Waals surface area contributed by atoms with Crippen LogP contribution >= 0.6 is 0 Å². The minimum Gasteiger partial charge on any atom is -0.489 e. The highest BCUT2D eigenvalue weighted by atomic mass is 16.5. The highest BCUT2D eigenvalue weighted by molar-refractivity contribution is 5.78. The Hall–Kier alpha value is -2.34. The van der Waals surface area contributed by atoms with Crippen molar-refractivity contribution in [2.45, 2.75) is 45.8 Å². The van der Waals surface area contributed by atoms with Gasteiger partial charge in [-0.15, -0.1) is 0 Å². The average Bonchev–Trinajstić information content (AvgIpc) is 2.93. The van der Waals surface area contributed by atoms with Gasteiger partial charge in [-0.2, -0.15) is 0 Å². The van der Waals surface area contributed by atoms with Crippen molar-refractivity contribution in [3.63, 3.8) is 0 Å². The number of ether oxygens (including phenoxy) is 1. The molecule has 2 heterocycles. The van der Waals surface area contributed by atoms with Crippen molar-refractivity contribution in [2.75, 3.05) is 13.1 Å². The third kappa shape index (κ3) is 4.39. The molecule has 0 spiro atoms. The van der Waals surface area contributed by atoms with Gasteiger partial charge in [0, 0.05) is 19.1 Å². The van der Waals surface area contributed by atoms with E-state index in [2.05, 4.69) is 5.16 Å². The van der Waals surface area contributed by atoms with Gasteiger partial charge in [-0.3, -0.25) is 4.79 Å². The Morgan fingerprint density at radius 3 is 2.56 bits per heavy atom. The van der Waals surface area contributed by atoms with E-state index in [1.165, 1.54) is 0 Å². The summed E-state index contributed by atoms with van der Waals surface area (Å²) in [4.78, 5) is 14.3. The topological polar surface area (TPSA) is 81.6 Å². The molecule has 2 aromatic rings. The van der Waals surface area contributed by atoms with Crippen molar-refractivity contribution in [3.05, 3.63) is 46.8 Å². The van der Waals surface area contributed by atoms with Gasteiger partial charge in [0.1, 0.15) is 18.1 Å². The van der Waals surface area contributed by atoms with Crippen LogP contribution in [-0.4, -0.2) is 35.1 Å². The van der Waals surface area contributed by atoms with Crippen molar-refractivity contribution in [3.8, 4) is 5.75 Å². The SMILES string of the molecule is Cc1noc(C)c1COc1ccc(CC(=O)N2CCC(N)CC2)cc1. The minimum atomic E-state index is 0.163. The first kappa shape index (κ1) is 17.5. The molecule has 0 radical (unpaired) electrons. The molecule has 1 aliphatic heterocycles. The Labute approximate surface area is 147 Å². The van der Waals surface area contributed by atoms with E-state index < -0.39 is 0 Å². The van der Waals surface area contributed by atoms with E-state index in [0.717, 1.165) is 54.3 Å². The molecule has 0 atom stereocenters. The summed E-state index contributed by atoms with van der Waals surface area (Å²) in [5, 5.41) is 3.92. The molecule has 134 valence electrons. The molecular formula is C19H25N3O3. The molecule has 25 heavy (non-hydrogen) atoms. The van der Waals surface area contributed by atoms with Crippen molar-refractivity contribution in [1.29, 1.82) is 0 Å². The van der Waals surface area contributed by atoms with Crippen molar-refractivity contribution in [2.24, 2.45) is 5.73 Å². The van der Waals surface area contributed by atoms with Crippen molar-refractivity contribution < 1.29 is 14.1 Å². The van der Waals surface area contributed by atoms with E-state index >= 15 is 0 Å². The zero-order chi connectivity index (χ0) is 17.8.